The minimum atomic E-state index is 0. The molecule has 1 heterocycles. The molecule has 1 aliphatic carbocycles. The van der Waals surface area contributed by atoms with Gasteiger partial charge in [-0.15, -0.1) is 24.0 Å². The molecule has 2 fully saturated rings. The Labute approximate surface area is 163 Å². The van der Waals surface area contributed by atoms with Crippen molar-refractivity contribution in [3.8, 4) is 5.75 Å². The Balaban J connectivity index is 0.00000208. The Morgan fingerprint density at radius 1 is 1.33 bits per heavy atom. The lowest BCUT2D eigenvalue weighted by Crippen LogP contribution is -2.42. The van der Waals surface area contributed by atoms with Crippen LogP contribution in [0.5, 0.6) is 5.75 Å². The molecule has 1 aliphatic heterocycles. The number of aliphatic imine (C=N–C) groups is 1. The number of benzene rings is 1. The largest absolute Gasteiger partial charge is 0.497 e. The van der Waals surface area contributed by atoms with Gasteiger partial charge in [0, 0.05) is 26.7 Å². The standard InChI is InChI=1S/C19H29N3O.HI/c1-20-18(22-13-11-19(15-22)9-5-10-19)21-12-4-7-16-6-3-8-17(14-16)23-2;/h3,6,8,14H,4-5,7,9-13,15H2,1-2H3,(H,20,21);1H. The third-order valence-corrected chi connectivity index (χ3v) is 5.42. The molecule has 0 aromatic heterocycles. The number of nitrogens with one attached hydrogen (secondary N) is 1. The highest BCUT2D eigenvalue weighted by atomic mass is 127. The molecule has 134 valence electrons. The minimum absolute atomic E-state index is 0. The number of hydrogen-bond acceptors (Lipinski definition) is 2. The number of methoxy groups -OCH3 is 1. The van der Waals surface area contributed by atoms with Gasteiger partial charge in [-0.2, -0.15) is 0 Å². The van der Waals surface area contributed by atoms with Crippen LogP contribution in [0.1, 0.15) is 37.7 Å². The third-order valence-electron chi connectivity index (χ3n) is 5.42. The topological polar surface area (TPSA) is 36.9 Å². The normalized spacial score (nSPS) is 18.9. The van der Waals surface area contributed by atoms with E-state index in [1.54, 1.807) is 7.11 Å². The van der Waals surface area contributed by atoms with Crippen molar-refractivity contribution in [2.45, 2.75) is 38.5 Å². The monoisotopic (exact) mass is 443 g/mol. The van der Waals surface area contributed by atoms with Crippen LogP contribution in [0.4, 0.5) is 0 Å². The molecule has 4 nitrogen and oxygen atoms in total. The second-order valence-electron chi connectivity index (χ2n) is 6.95. The molecule has 1 saturated heterocycles. The predicted octanol–water partition coefficient (Wildman–Crippen LogP) is 3.70. The molecular weight excluding hydrogens is 413 g/mol. The van der Waals surface area contributed by atoms with E-state index in [1.807, 2.05) is 13.1 Å². The van der Waals surface area contributed by atoms with E-state index in [0.29, 0.717) is 5.41 Å². The van der Waals surface area contributed by atoms with Crippen LogP contribution in [-0.4, -0.2) is 44.7 Å². The van der Waals surface area contributed by atoms with Crippen molar-refractivity contribution < 1.29 is 4.74 Å². The van der Waals surface area contributed by atoms with Gasteiger partial charge in [0.1, 0.15) is 5.75 Å². The number of guanidine groups is 1. The number of aryl methyl sites for hydroxylation is 1. The summed E-state index contributed by atoms with van der Waals surface area (Å²) in [5.41, 5.74) is 1.95. The lowest BCUT2D eigenvalue weighted by Gasteiger charge is -2.38. The zero-order valence-electron chi connectivity index (χ0n) is 14.9. The molecule has 2 aliphatic rings. The van der Waals surface area contributed by atoms with Gasteiger partial charge in [0.25, 0.3) is 0 Å². The Morgan fingerprint density at radius 3 is 2.79 bits per heavy atom. The smallest absolute Gasteiger partial charge is 0.193 e. The van der Waals surface area contributed by atoms with Crippen molar-refractivity contribution in [2.75, 3.05) is 33.8 Å². The van der Waals surface area contributed by atoms with Crippen molar-refractivity contribution in [2.24, 2.45) is 10.4 Å². The van der Waals surface area contributed by atoms with E-state index in [9.17, 15) is 0 Å². The Bertz CT molecular complexity index is 557. The first-order valence-corrected chi connectivity index (χ1v) is 8.83. The Kier molecular flexibility index (Phi) is 7.19. The first-order valence-electron chi connectivity index (χ1n) is 8.83. The van der Waals surface area contributed by atoms with Gasteiger partial charge in [0.2, 0.25) is 0 Å². The second kappa shape index (κ2) is 8.92. The van der Waals surface area contributed by atoms with Crippen molar-refractivity contribution >= 4 is 29.9 Å². The van der Waals surface area contributed by atoms with Crippen LogP contribution in [0, 0.1) is 5.41 Å². The fourth-order valence-corrected chi connectivity index (χ4v) is 3.85. The summed E-state index contributed by atoms with van der Waals surface area (Å²) >= 11 is 0. The minimum Gasteiger partial charge on any atom is -0.497 e. The van der Waals surface area contributed by atoms with E-state index >= 15 is 0 Å². The number of nitrogens with zero attached hydrogens (tertiary/aromatic N) is 2. The quantitative estimate of drug-likeness (QED) is 0.327. The second-order valence-corrected chi connectivity index (χ2v) is 6.95. The van der Waals surface area contributed by atoms with Crippen LogP contribution in [-0.2, 0) is 6.42 Å². The lowest BCUT2D eigenvalue weighted by molar-refractivity contribution is 0.151. The average molecular weight is 443 g/mol. The van der Waals surface area contributed by atoms with E-state index < -0.39 is 0 Å². The summed E-state index contributed by atoms with van der Waals surface area (Å²) in [6.07, 6.45) is 7.75. The van der Waals surface area contributed by atoms with Gasteiger partial charge >= 0.3 is 0 Å². The van der Waals surface area contributed by atoms with E-state index in [2.05, 4.69) is 33.4 Å². The Hall–Kier alpha value is -0.980. The van der Waals surface area contributed by atoms with Gasteiger partial charge in [0.15, 0.2) is 5.96 Å². The number of hydrogen-bond donors (Lipinski definition) is 1. The van der Waals surface area contributed by atoms with Gasteiger partial charge in [0.05, 0.1) is 7.11 Å². The molecule has 0 unspecified atom stereocenters. The van der Waals surface area contributed by atoms with Gasteiger partial charge in [-0.1, -0.05) is 18.6 Å². The van der Waals surface area contributed by atoms with Crippen molar-refractivity contribution in [1.82, 2.24) is 10.2 Å². The van der Waals surface area contributed by atoms with Crippen LogP contribution in [0.2, 0.25) is 0 Å². The summed E-state index contributed by atoms with van der Waals surface area (Å²) < 4.78 is 5.28. The van der Waals surface area contributed by atoms with Gasteiger partial charge < -0.3 is 15.0 Å². The maximum Gasteiger partial charge on any atom is 0.193 e. The van der Waals surface area contributed by atoms with E-state index in [-0.39, 0.29) is 24.0 Å². The fourth-order valence-electron chi connectivity index (χ4n) is 3.85. The van der Waals surface area contributed by atoms with E-state index in [0.717, 1.165) is 37.6 Å². The van der Waals surface area contributed by atoms with Gasteiger partial charge in [-0.3, -0.25) is 4.99 Å². The number of ether oxygens (including phenoxy) is 1. The highest BCUT2D eigenvalue weighted by Gasteiger charge is 2.43. The van der Waals surface area contributed by atoms with Gasteiger partial charge in [-0.05, 0) is 55.2 Å². The first-order chi connectivity index (χ1) is 11.2. The number of rotatable bonds is 5. The van der Waals surface area contributed by atoms with E-state index in [1.165, 1.54) is 37.8 Å². The number of halogens is 1. The SMILES string of the molecule is CN=C(NCCCc1cccc(OC)c1)N1CCC2(CCC2)C1.I. The summed E-state index contributed by atoms with van der Waals surface area (Å²) in [5, 5.41) is 3.54. The molecule has 24 heavy (non-hydrogen) atoms. The van der Waals surface area contributed by atoms with Crippen molar-refractivity contribution in [1.29, 1.82) is 0 Å². The molecule has 0 atom stereocenters. The molecule has 3 rings (SSSR count). The summed E-state index contributed by atoms with van der Waals surface area (Å²) in [4.78, 5) is 6.93. The maximum atomic E-state index is 5.28. The molecule has 1 spiro atoms. The molecular formula is C19H30IN3O. The molecule has 5 heteroatoms. The highest BCUT2D eigenvalue weighted by Crippen LogP contribution is 2.47. The number of likely N-dealkylation sites (tertiary alicyclic amines) is 1. The van der Waals surface area contributed by atoms with Crippen LogP contribution >= 0.6 is 24.0 Å². The zero-order valence-corrected chi connectivity index (χ0v) is 17.2. The summed E-state index contributed by atoms with van der Waals surface area (Å²) in [5.74, 6) is 2.02. The molecule has 1 N–H and O–H groups in total. The first kappa shape index (κ1) is 19.3. The third kappa shape index (κ3) is 4.55. The average Bonchev–Trinajstić information content (AvgIpc) is 3.01. The van der Waals surface area contributed by atoms with Crippen LogP contribution in [0.25, 0.3) is 0 Å². The van der Waals surface area contributed by atoms with Crippen LogP contribution in [0.3, 0.4) is 0 Å². The van der Waals surface area contributed by atoms with E-state index in [4.69, 9.17) is 4.74 Å². The summed E-state index contributed by atoms with van der Waals surface area (Å²) in [6.45, 7) is 3.32. The van der Waals surface area contributed by atoms with Crippen LogP contribution < -0.4 is 10.1 Å². The van der Waals surface area contributed by atoms with Crippen LogP contribution in [0.15, 0.2) is 29.3 Å². The summed E-state index contributed by atoms with van der Waals surface area (Å²) in [6, 6.07) is 8.34. The van der Waals surface area contributed by atoms with Gasteiger partial charge in [-0.25, -0.2) is 0 Å². The molecule has 0 amide bonds. The molecule has 0 bridgehead atoms. The van der Waals surface area contributed by atoms with Crippen molar-refractivity contribution in [3.63, 3.8) is 0 Å². The lowest BCUT2D eigenvalue weighted by atomic mass is 9.68. The molecule has 1 saturated carbocycles. The fraction of sp³-hybridized carbons (Fsp3) is 0.632. The summed E-state index contributed by atoms with van der Waals surface area (Å²) in [7, 11) is 3.62. The molecule has 0 radical (unpaired) electrons. The van der Waals surface area contributed by atoms with Crippen molar-refractivity contribution in [3.05, 3.63) is 29.8 Å². The molecule has 1 aromatic rings. The molecule has 1 aromatic carbocycles. The zero-order chi connectivity index (χ0) is 16.1. The predicted molar refractivity (Wildman–Crippen MR) is 111 cm³/mol. The highest BCUT2D eigenvalue weighted by molar-refractivity contribution is 14.0. The maximum absolute atomic E-state index is 5.28. The Morgan fingerprint density at radius 2 is 2.17 bits per heavy atom.